The number of nitrogens with zero attached hydrogens (tertiary/aromatic N) is 4. The lowest BCUT2D eigenvalue weighted by Gasteiger charge is -2.36. The molecule has 1 aliphatic heterocycles. The standard InChI is InChI=1S/C17H30N4/c1-13(2)4-5-14(3)20-10-8-16(9-11-20)21-12-17(18-19-21)15-6-7-15/h12-16H,4-11H2,1-3H3/t14-/m1/s1. The van der Waals surface area contributed by atoms with Crippen molar-refractivity contribution in [3.63, 3.8) is 0 Å². The van der Waals surface area contributed by atoms with Crippen LogP contribution in [0.4, 0.5) is 0 Å². The Morgan fingerprint density at radius 3 is 2.43 bits per heavy atom. The lowest BCUT2D eigenvalue weighted by Crippen LogP contribution is -2.40. The summed E-state index contributed by atoms with van der Waals surface area (Å²) in [5.41, 5.74) is 1.22. The molecule has 0 bridgehead atoms. The molecule has 0 amide bonds. The summed E-state index contributed by atoms with van der Waals surface area (Å²) >= 11 is 0. The van der Waals surface area contributed by atoms with Crippen molar-refractivity contribution in [2.24, 2.45) is 5.92 Å². The lowest BCUT2D eigenvalue weighted by atomic mass is 9.99. The van der Waals surface area contributed by atoms with E-state index in [0.29, 0.717) is 6.04 Å². The Morgan fingerprint density at radius 2 is 1.81 bits per heavy atom. The lowest BCUT2D eigenvalue weighted by molar-refractivity contribution is 0.129. The third kappa shape index (κ3) is 3.85. The molecule has 4 heteroatoms. The number of aromatic nitrogens is 3. The fraction of sp³-hybridized carbons (Fsp3) is 0.882. The van der Waals surface area contributed by atoms with E-state index < -0.39 is 0 Å². The number of hydrogen-bond acceptors (Lipinski definition) is 3. The van der Waals surface area contributed by atoms with E-state index in [-0.39, 0.29) is 0 Å². The highest BCUT2D eigenvalue weighted by Crippen LogP contribution is 2.39. The van der Waals surface area contributed by atoms with Gasteiger partial charge in [-0.1, -0.05) is 19.1 Å². The van der Waals surface area contributed by atoms with Crippen LogP contribution in [0.5, 0.6) is 0 Å². The van der Waals surface area contributed by atoms with Crippen LogP contribution in [-0.4, -0.2) is 39.0 Å². The molecule has 118 valence electrons. The van der Waals surface area contributed by atoms with Gasteiger partial charge in [0.2, 0.25) is 0 Å². The molecular weight excluding hydrogens is 260 g/mol. The first kappa shape index (κ1) is 15.0. The molecular formula is C17H30N4. The van der Waals surface area contributed by atoms with Crippen molar-refractivity contribution in [3.05, 3.63) is 11.9 Å². The van der Waals surface area contributed by atoms with Crippen LogP contribution in [0.3, 0.4) is 0 Å². The molecule has 1 aliphatic carbocycles. The first-order valence-corrected chi connectivity index (χ1v) is 8.79. The molecule has 0 N–H and O–H groups in total. The van der Waals surface area contributed by atoms with Gasteiger partial charge in [-0.2, -0.15) is 0 Å². The maximum atomic E-state index is 4.38. The molecule has 2 aliphatic rings. The fourth-order valence-electron chi connectivity index (χ4n) is 3.38. The molecule has 21 heavy (non-hydrogen) atoms. The smallest absolute Gasteiger partial charge is 0.0858 e. The van der Waals surface area contributed by atoms with E-state index in [4.69, 9.17) is 0 Å². The second kappa shape index (κ2) is 6.47. The maximum absolute atomic E-state index is 4.38. The summed E-state index contributed by atoms with van der Waals surface area (Å²) in [6, 6.07) is 1.30. The van der Waals surface area contributed by atoms with Gasteiger partial charge in [0.1, 0.15) is 0 Å². The predicted octanol–water partition coefficient (Wildman–Crippen LogP) is 3.62. The molecule has 0 unspecified atom stereocenters. The van der Waals surface area contributed by atoms with Crippen molar-refractivity contribution in [1.82, 2.24) is 19.9 Å². The summed E-state index contributed by atoms with van der Waals surface area (Å²) < 4.78 is 2.14. The SMILES string of the molecule is CC(C)CC[C@@H](C)N1CCC(n2cc(C3CC3)nn2)CC1. The minimum absolute atomic E-state index is 0.568. The van der Waals surface area contributed by atoms with Crippen LogP contribution in [0.25, 0.3) is 0 Å². The van der Waals surface area contributed by atoms with Crippen LogP contribution in [0, 0.1) is 5.92 Å². The van der Waals surface area contributed by atoms with Crippen LogP contribution in [0.15, 0.2) is 6.20 Å². The van der Waals surface area contributed by atoms with Gasteiger partial charge < -0.3 is 4.90 Å². The van der Waals surface area contributed by atoms with Gasteiger partial charge in [0.15, 0.2) is 0 Å². The van der Waals surface area contributed by atoms with Crippen LogP contribution in [-0.2, 0) is 0 Å². The molecule has 1 saturated heterocycles. The first-order chi connectivity index (χ1) is 10.1. The minimum Gasteiger partial charge on any atom is -0.301 e. The largest absolute Gasteiger partial charge is 0.301 e. The Hall–Kier alpha value is -0.900. The van der Waals surface area contributed by atoms with Crippen LogP contribution >= 0.6 is 0 Å². The third-order valence-electron chi connectivity index (χ3n) is 5.18. The van der Waals surface area contributed by atoms with Crippen molar-refractivity contribution in [3.8, 4) is 0 Å². The molecule has 4 nitrogen and oxygen atoms in total. The fourth-order valence-corrected chi connectivity index (χ4v) is 3.38. The van der Waals surface area contributed by atoms with Crippen molar-refractivity contribution in [2.45, 2.75) is 77.3 Å². The summed E-state index contributed by atoms with van der Waals surface area (Å²) in [7, 11) is 0. The summed E-state index contributed by atoms with van der Waals surface area (Å²) in [6.45, 7) is 9.46. The monoisotopic (exact) mass is 290 g/mol. The highest BCUT2D eigenvalue weighted by atomic mass is 15.4. The van der Waals surface area contributed by atoms with E-state index >= 15 is 0 Å². The van der Waals surface area contributed by atoms with Gasteiger partial charge in [0, 0.05) is 31.2 Å². The minimum atomic E-state index is 0.568. The van der Waals surface area contributed by atoms with E-state index in [1.807, 2.05) is 0 Å². The van der Waals surface area contributed by atoms with Gasteiger partial charge >= 0.3 is 0 Å². The van der Waals surface area contributed by atoms with Crippen LogP contribution < -0.4 is 0 Å². The summed E-state index contributed by atoms with van der Waals surface area (Å²) in [6.07, 6.45) is 9.95. The average molecular weight is 290 g/mol. The summed E-state index contributed by atoms with van der Waals surface area (Å²) in [5, 5.41) is 8.73. The van der Waals surface area contributed by atoms with Gasteiger partial charge in [-0.15, -0.1) is 5.10 Å². The zero-order valence-electron chi connectivity index (χ0n) is 13.8. The van der Waals surface area contributed by atoms with Crippen molar-refractivity contribution >= 4 is 0 Å². The number of rotatable bonds is 6. The number of hydrogen-bond donors (Lipinski definition) is 0. The van der Waals surface area contributed by atoms with E-state index in [1.165, 1.54) is 57.3 Å². The molecule has 3 rings (SSSR count). The number of likely N-dealkylation sites (tertiary alicyclic amines) is 1. The topological polar surface area (TPSA) is 34.0 Å². The Bertz CT molecular complexity index is 441. The van der Waals surface area contributed by atoms with Gasteiger partial charge in [-0.25, -0.2) is 4.68 Å². The highest BCUT2D eigenvalue weighted by molar-refractivity contribution is 5.09. The van der Waals surface area contributed by atoms with Gasteiger partial charge in [0.05, 0.1) is 11.7 Å². The van der Waals surface area contributed by atoms with Crippen molar-refractivity contribution < 1.29 is 0 Å². The maximum Gasteiger partial charge on any atom is 0.0858 e. The molecule has 1 saturated carbocycles. The molecule has 1 atom stereocenters. The quantitative estimate of drug-likeness (QED) is 0.802. The molecule has 1 aromatic heterocycles. The van der Waals surface area contributed by atoms with E-state index in [9.17, 15) is 0 Å². The molecule has 0 spiro atoms. The zero-order valence-corrected chi connectivity index (χ0v) is 13.8. The summed E-state index contributed by atoms with van der Waals surface area (Å²) in [4.78, 5) is 2.66. The normalized spacial score (nSPS) is 22.9. The van der Waals surface area contributed by atoms with E-state index in [1.54, 1.807) is 0 Å². The second-order valence-electron chi connectivity index (χ2n) is 7.49. The molecule has 2 fully saturated rings. The van der Waals surface area contributed by atoms with Gasteiger partial charge in [0.25, 0.3) is 0 Å². The second-order valence-corrected chi connectivity index (χ2v) is 7.49. The molecule has 0 radical (unpaired) electrons. The van der Waals surface area contributed by atoms with E-state index in [0.717, 1.165) is 17.9 Å². The Kier molecular flexibility index (Phi) is 4.63. The Morgan fingerprint density at radius 1 is 1.10 bits per heavy atom. The molecule has 0 aromatic carbocycles. The average Bonchev–Trinajstić information content (AvgIpc) is 3.22. The van der Waals surface area contributed by atoms with Crippen LogP contribution in [0.2, 0.25) is 0 Å². The van der Waals surface area contributed by atoms with Crippen LogP contribution in [0.1, 0.15) is 76.9 Å². The molecule has 2 heterocycles. The van der Waals surface area contributed by atoms with Crippen molar-refractivity contribution in [2.75, 3.05) is 13.1 Å². The molecule has 1 aromatic rings. The Labute approximate surface area is 128 Å². The van der Waals surface area contributed by atoms with E-state index in [2.05, 4.69) is 46.9 Å². The highest BCUT2D eigenvalue weighted by Gasteiger charge is 2.29. The zero-order chi connectivity index (χ0) is 14.8. The van der Waals surface area contributed by atoms with Gasteiger partial charge in [-0.05, 0) is 51.4 Å². The number of piperidine rings is 1. The van der Waals surface area contributed by atoms with Gasteiger partial charge in [-0.3, -0.25) is 0 Å². The van der Waals surface area contributed by atoms with Crippen molar-refractivity contribution in [1.29, 1.82) is 0 Å². The third-order valence-corrected chi connectivity index (χ3v) is 5.18. The predicted molar refractivity (Wildman–Crippen MR) is 85.4 cm³/mol. The first-order valence-electron chi connectivity index (χ1n) is 8.79. The summed E-state index contributed by atoms with van der Waals surface area (Å²) in [5.74, 6) is 1.54. The Balaban J connectivity index is 1.47.